The number of hydrogen-bond donors (Lipinski definition) is 0. The van der Waals surface area contributed by atoms with Crippen molar-refractivity contribution in [1.29, 1.82) is 0 Å². The monoisotopic (exact) mass is 299 g/mol. The zero-order valence-corrected chi connectivity index (χ0v) is 14.0. The highest BCUT2D eigenvalue weighted by molar-refractivity contribution is 5.22. The normalized spacial score (nSPS) is 15.8. The van der Waals surface area contributed by atoms with Gasteiger partial charge in [0.15, 0.2) is 0 Å². The molecule has 0 spiro atoms. The number of nitrogens with zero attached hydrogens (tertiary/aromatic N) is 5. The maximum absolute atomic E-state index is 4.79. The van der Waals surface area contributed by atoms with Crippen LogP contribution in [0.3, 0.4) is 0 Å². The van der Waals surface area contributed by atoms with Gasteiger partial charge in [-0.1, -0.05) is 20.8 Å². The van der Waals surface area contributed by atoms with Gasteiger partial charge in [0.2, 0.25) is 0 Å². The molecule has 0 atom stereocenters. The van der Waals surface area contributed by atoms with Crippen molar-refractivity contribution in [2.75, 3.05) is 6.54 Å². The Kier molecular flexibility index (Phi) is 4.00. The van der Waals surface area contributed by atoms with Crippen molar-refractivity contribution < 1.29 is 0 Å². The van der Waals surface area contributed by atoms with Crippen LogP contribution in [0.2, 0.25) is 0 Å². The molecular formula is C17H25N5. The van der Waals surface area contributed by atoms with Gasteiger partial charge in [0.1, 0.15) is 5.82 Å². The van der Waals surface area contributed by atoms with E-state index in [1.807, 2.05) is 18.7 Å². The fourth-order valence-electron chi connectivity index (χ4n) is 2.86. The highest BCUT2D eigenvalue weighted by atomic mass is 15.2. The van der Waals surface area contributed by atoms with Gasteiger partial charge >= 0.3 is 0 Å². The summed E-state index contributed by atoms with van der Waals surface area (Å²) in [7, 11) is 0. The number of imidazole rings is 1. The molecule has 0 N–H and O–H groups in total. The average Bonchev–Trinajstić information content (AvgIpc) is 2.93. The molecule has 22 heavy (non-hydrogen) atoms. The Morgan fingerprint density at radius 2 is 2.05 bits per heavy atom. The summed E-state index contributed by atoms with van der Waals surface area (Å²) in [4.78, 5) is 16.1. The number of aromatic nitrogens is 4. The van der Waals surface area contributed by atoms with E-state index in [1.165, 1.54) is 17.0 Å². The highest BCUT2D eigenvalue weighted by Gasteiger charge is 2.23. The summed E-state index contributed by atoms with van der Waals surface area (Å²) in [6.45, 7) is 12.5. The molecule has 2 aromatic heterocycles. The summed E-state index contributed by atoms with van der Waals surface area (Å²) in [5.41, 5.74) is 3.78. The molecule has 2 aromatic rings. The fraction of sp³-hybridized carbons (Fsp3) is 0.588. The largest absolute Gasteiger partial charge is 0.334 e. The topological polar surface area (TPSA) is 46.8 Å². The van der Waals surface area contributed by atoms with Gasteiger partial charge in [0, 0.05) is 61.7 Å². The molecule has 0 unspecified atom stereocenters. The smallest absolute Gasteiger partial charge is 0.133 e. The minimum Gasteiger partial charge on any atom is -0.334 e. The molecule has 1 aliphatic heterocycles. The van der Waals surface area contributed by atoms with Crippen LogP contribution < -0.4 is 0 Å². The molecule has 0 bridgehead atoms. The van der Waals surface area contributed by atoms with E-state index in [4.69, 9.17) is 4.98 Å². The van der Waals surface area contributed by atoms with Crippen LogP contribution in [0.1, 0.15) is 50.5 Å². The molecule has 3 heterocycles. The first-order valence-electron chi connectivity index (χ1n) is 8.04. The van der Waals surface area contributed by atoms with E-state index in [0.29, 0.717) is 0 Å². The van der Waals surface area contributed by atoms with Crippen molar-refractivity contribution in [3.05, 3.63) is 41.5 Å². The molecule has 118 valence electrons. The third-order valence-corrected chi connectivity index (χ3v) is 4.21. The zero-order chi connectivity index (χ0) is 15.7. The lowest BCUT2D eigenvalue weighted by atomic mass is 9.95. The van der Waals surface area contributed by atoms with E-state index in [9.17, 15) is 0 Å². The third kappa shape index (κ3) is 3.04. The van der Waals surface area contributed by atoms with Gasteiger partial charge in [-0.05, 0) is 6.92 Å². The average molecular weight is 299 g/mol. The Labute approximate surface area is 132 Å². The summed E-state index contributed by atoms with van der Waals surface area (Å²) in [6.07, 6.45) is 6.90. The molecule has 0 saturated heterocycles. The van der Waals surface area contributed by atoms with Crippen LogP contribution >= 0.6 is 0 Å². The molecule has 5 nitrogen and oxygen atoms in total. The zero-order valence-electron chi connectivity index (χ0n) is 14.0. The predicted octanol–water partition coefficient (Wildman–Crippen LogP) is 2.55. The first-order valence-corrected chi connectivity index (χ1v) is 8.04. The minimum absolute atomic E-state index is 0.0137. The quantitative estimate of drug-likeness (QED) is 0.874. The van der Waals surface area contributed by atoms with Crippen LogP contribution in [0.25, 0.3) is 0 Å². The number of aryl methyl sites for hydroxylation is 1. The third-order valence-electron chi connectivity index (χ3n) is 4.21. The maximum Gasteiger partial charge on any atom is 0.133 e. The van der Waals surface area contributed by atoms with Gasteiger partial charge < -0.3 is 4.57 Å². The van der Waals surface area contributed by atoms with E-state index in [1.54, 1.807) is 0 Å². The molecule has 0 radical (unpaired) electrons. The molecule has 0 aromatic carbocycles. The first kappa shape index (κ1) is 15.2. The van der Waals surface area contributed by atoms with Crippen LogP contribution in [0.4, 0.5) is 0 Å². The van der Waals surface area contributed by atoms with Gasteiger partial charge in [0.25, 0.3) is 0 Å². The Balaban J connectivity index is 1.74. The van der Waals surface area contributed by atoms with Crippen molar-refractivity contribution in [3.63, 3.8) is 0 Å². The number of fused-ring (bicyclic) bond motifs is 1. The van der Waals surface area contributed by atoms with E-state index in [2.05, 4.69) is 47.1 Å². The van der Waals surface area contributed by atoms with Crippen molar-refractivity contribution >= 4 is 0 Å². The summed E-state index contributed by atoms with van der Waals surface area (Å²) in [5, 5.41) is 0. The van der Waals surface area contributed by atoms with E-state index < -0.39 is 0 Å². The van der Waals surface area contributed by atoms with Gasteiger partial charge in [0.05, 0.1) is 12.0 Å². The number of hydrogen-bond acceptors (Lipinski definition) is 4. The second-order valence-electron chi connectivity index (χ2n) is 7.05. The Morgan fingerprint density at radius 3 is 2.77 bits per heavy atom. The van der Waals surface area contributed by atoms with E-state index in [0.717, 1.165) is 38.4 Å². The summed E-state index contributed by atoms with van der Waals surface area (Å²) >= 11 is 0. The van der Waals surface area contributed by atoms with Crippen molar-refractivity contribution in [2.45, 2.75) is 59.2 Å². The summed E-state index contributed by atoms with van der Waals surface area (Å²) in [5.74, 6) is 0.948. The van der Waals surface area contributed by atoms with Gasteiger partial charge in [-0.15, -0.1) is 0 Å². The molecule has 3 rings (SSSR count). The van der Waals surface area contributed by atoms with Gasteiger partial charge in [-0.3, -0.25) is 4.90 Å². The van der Waals surface area contributed by atoms with Crippen molar-refractivity contribution in [1.82, 2.24) is 24.4 Å². The predicted molar refractivity (Wildman–Crippen MR) is 86.5 cm³/mol. The lowest BCUT2D eigenvalue weighted by Crippen LogP contribution is -2.32. The second kappa shape index (κ2) is 5.80. The lowest BCUT2D eigenvalue weighted by molar-refractivity contribution is 0.236. The second-order valence-corrected chi connectivity index (χ2v) is 7.05. The molecule has 0 saturated carbocycles. The van der Waals surface area contributed by atoms with Gasteiger partial charge in [-0.25, -0.2) is 15.0 Å². The van der Waals surface area contributed by atoms with Crippen LogP contribution in [0, 0.1) is 0 Å². The minimum atomic E-state index is 0.0137. The van der Waals surface area contributed by atoms with Crippen LogP contribution in [-0.2, 0) is 31.5 Å². The fourth-order valence-corrected chi connectivity index (χ4v) is 2.86. The molecule has 1 aliphatic rings. The van der Waals surface area contributed by atoms with Crippen molar-refractivity contribution in [2.24, 2.45) is 0 Å². The molecule has 5 heteroatoms. The Hall–Kier alpha value is -1.75. The highest BCUT2D eigenvalue weighted by Crippen LogP contribution is 2.23. The SMILES string of the molecule is CCn1cncc1CN1CCc2nc(C(C)(C)C)ncc2C1. The molecule has 0 amide bonds. The van der Waals surface area contributed by atoms with Gasteiger partial charge in [-0.2, -0.15) is 0 Å². The van der Waals surface area contributed by atoms with Crippen molar-refractivity contribution in [3.8, 4) is 0 Å². The molecule has 0 aliphatic carbocycles. The standard InChI is InChI=1S/C17H25N5/c1-5-22-12-18-9-14(22)11-21-7-6-15-13(10-21)8-19-16(20-15)17(2,3)4/h8-9,12H,5-7,10-11H2,1-4H3. The molecular weight excluding hydrogens is 274 g/mol. The van der Waals surface area contributed by atoms with Crippen LogP contribution in [0.5, 0.6) is 0 Å². The maximum atomic E-state index is 4.79. The van der Waals surface area contributed by atoms with E-state index >= 15 is 0 Å². The van der Waals surface area contributed by atoms with Crippen LogP contribution in [-0.4, -0.2) is 31.0 Å². The number of rotatable bonds is 3. The van der Waals surface area contributed by atoms with E-state index in [-0.39, 0.29) is 5.41 Å². The first-order chi connectivity index (χ1) is 10.5. The Morgan fingerprint density at radius 1 is 1.23 bits per heavy atom. The Bertz CT molecular complexity index is 653. The summed E-state index contributed by atoms with van der Waals surface area (Å²) in [6, 6.07) is 0. The van der Waals surface area contributed by atoms with Crippen LogP contribution in [0.15, 0.2) is 18.7 Å². The molecule has 0 fully saturated rings. The summed E-state index contributed by atoms with van der Waals surface area (Å²) < 4.78 is 2.20. The lowest BCUT2D eigenvalue weighted by Gasteiger charge is -2.29.